The molecule has 0 radical (unpaired) electrons. The van der Waals surface area contributed by atoms with Gasteiger partial charge in [-0.3, -0.25) is 14.2 Å². The fraction of sp³-hybridized carbons (Fsp3) is 0.316. The van der Waals surface area contributed by atoms with E-state index in [4.69, 9.17) is 11.6 Å². The van der Waals surface area contributed by atoms with E-state index in [9.17, 15) is 4.79 Å². The zero-order valence-electron chi connectivity index (χ0n) is 15.4. The first-order valence-electron chi connectivity index (χ1n) is 8.41. The van der Waals surface area contributed by atoms with Crippen LogP contribution in [0.1, 0.15) is 38.7 Å². The standard InChI is InChI=1S/C19H22ClN5O/c1-12-9-17(24(4)22-12)10-21-19(26)16-7-5-15(6-8-16)11-25-14(3)18(20)13(2)23-25/h5-9H,10-11H2,1-4H3,(H,21,26). The highest BCUT2D eigenvalue weighted by molar-refractivity contribution is 6.31. The normalized spacial score (nSPS) is 11.0. The first kappa shape index (κ1) is 18.2. The number of nitrogens with zero attached hydrogens (tertiary/aromatic N) is 4. The van der Waals surface area contributed by atoms with Crippen LogP contribution in [0, 0.1) is 20.8 Å². The third-order valence-corrected chi connectivity index (χ3v) is 4.92. The number of hydrogen-bond acceptors (Lipinski definition) is 3. The van der Waals surface area contributed by atoms with E-state index in [-0.39, 0.29) is 5.91 Å². The van der Waals surface area contributed by atoms with Crippen LogP contribution in [0.2, 0.25) is 5.02 Å². The molecule has 2 heterocycles. The minimum atomic E-state index is -0.107. The van der Waals surface area contributed by atoms with Crippen LogP contribution in [-0.4, -0.2) is 25.5 Å². The molecule has 1 aromatic carbocycles. The fourth-order valence-electron chi connectivity index (χ4n) is 2.87. The van der Waals surface area contributed by atoms with Crippen molar-refractivity contribution in [2.75, 3.05) is 0 Å². The van der Waals surface area contributed by atoms with Crippen molar-refractivity contribution in [3.63, 3.8) is 0 Å². The van der Waals surface area contributed by atoms with E-state index in [1.54, 1.807) is 4.68 Å². The van der Waals surface area contributed by atoms with Gasteiger partial charge < -0.3 is 5.32 Å². The molecule has 0 saturated carbocycles. The molecular formula is C19H22ClN5O. The monoisotopic (exact) mass is 371 g/mol. The molecule has 0 bridgehead atoms. The summed E-state index contributed by atoms with van der Waals surface area (Å²) in [6, 6.07) is 9.49. The fourth-order valence-corrected chi connectivity index (χ4v) is 3.00. The average Bonchev–Trinajstić information content (AvgIpc) is 3.06. The smallest absolute Gasteiger partial charge is 0.251 e. The highest BCUT2D eigenvalue weighted by Crippen LogP contribution is 2.20. The van der Waals surface area contributed by atoms with Crippen LogP contribution < -0.4 is 5.32 Å². The first-order valence-corrected chi connectivity index (χ1v) is 8.79. The average molecular weight is 372 g/mol. The molecule has 0 aliphatic heterocycles. The maximum atomic E-state index is 12.3. The minimum absolute atomic E-state index is 0.107. The van der Waals surface area contributed by atoms with Crippen molar-refractivity contribution in [3.05, 3.63) is 69.3 Å². The van der Waals surface area contributed by atoms with Crippen molar-refractivity contribution in [1.82, 2.24) is 24.9 Å². The largest absolute Gasteiger partial charge is 0.346 e. The molecule has 0 fully saturated rings. The van der Waals surface area contributed by atoms with Crippen LogP contribution in [0.25, 0.3) is 0 Å². The summed E-state index contributed by atoms with van der Waals surface area (Å²) in [6.45, 7) is 6.84. The van der Waals surface area contributed by atoms with Crippen molar-refractivity contribution in [2.24, 2.45) is 7.05 Å². The van der Waals surface area contributed by atoms with E-state index in [2.05, 4.69) is 15.5 Å². The van der Waals surface area contributed by atoms with E-state index in [0.717, 1.165) is 28.3 Å². The van der Waals surface area contributed by atoms with Crippen molar-refractivity contribution in [1.29, 1.82) is 0 Å². The van der Waals surface area contributed by atoms with Gasteiger partial charge in [0.2, 0.25) is 0 Å². The summed E-state index contributed by atoms with van der Waals surface area (Å²) in [7, 11) is 1.87. The number of carbonyl (C=O) groups excluding carboxylic acids is 1. The Balaban J connectivity index is 1.64. The van der Waals surface area contributed by atoms with Crippen molar-refractivity contribution >= 4 is 17.5 Å². The quantitative estimate of drug-likeness (QED) is 0.749. The molecule has 6 nitrogen and oxygen atoms in total. The van der Waals surface area contributed by atoms with E-state index in [0.29, 0.717) is 23.7 Å². The van der Waals surface area contributed by atoms with Crippen molar-refractivity contribution < 1.29 is 4.79 Å². The number of carbonyl (C=O) groups is 1. The van der Waals surface area contributed by atoms with Gasteiger partial charge in [-0.15, -0.1) is 0 Å². The third kappa shape index (κ3) is 3.80. The third-order valence-electron chi connectivity index (χ3n) is 4.37. The predicted molar refractivity (Wildman–Crippen MR) is 101 cm³/mol. The maximum Gasteiger partial charge on any atom is 0.251 e. The second-order valence-corrected chi connectivity index (χ2v) is 6.80. The molecule has 1 amide bonds. The highest BCUT2D eigenvalue weighted by atomic mass is 35.5. The summed E-state index contributed by atoms with van der Waals surface area (Å²) < 4.78 is 3.65. The Kier molecular flexibility index (Phi) is 5.13. The molecule has 2 aromatic heterocycles. The Morgan fingerprint density at radius 3 is 2.38 bits per heavy atom. The summed E-state index contributed by atoms with van der Waals surface area (Å²) in [5, 5.41) is 12.3. The van der Waals surface area contributed by atoms with Gasteiger partial charge in [0.05, 0.1) is 40.9 Å². The van der Waals surface area contributed by atoms with Crippen LogP contribution in [0.5, 0.6) is 0 Å². The molecule has 136 valence electrons. The van der Waals surface area contributed by atoms with E-state index in [1.165, 1.54) is 0 Å². The molecule has 0 saturated heterocycles. The Morgan fingerprint density at radius 1 is 1.15 bits per heavy atom. The molecule has 0 spiro atoms. The number of nitrogens with one attached hydrogen (secondary N) is 1. The Labute approximate surface area is 157 Å². The van der Waals surface area contributed by atoms with Crippen molar-refractivity contribution in [2.45, 2.75) is 33.9 Å². The molecule has 0 aliphatic rings. The molecule has 26 heavy (non-hydrogen) atoms. The number of aromatic nitrogens is 4. The Bertz CT molecular complexity index is 940. The lowest BCUT2D eigenvalue weighted by molar-refractivity contribution is 0.0950. The number of amides is 1. The van der Waals surface area contributed by atoms with Gasteiger partial charge in [-0.2, -0.15) is 10.2 Å². The van der Waals surface area contributed by atoms with Gasteiger partial charge >= 0.3 is 0 Å². The molecule has 0 unspecified atom stereocenters. The lowest BCUT2D eigenvalue weighted by Crippen LogP contribution is -2.24. The summed E-state index contributed by atoms with van der Waals surface area (Å²) in [4.78, 5) is 12.3. The maximum absolute atomic E-state index is 12.3. The van der Waals surface area contributed by atoms with Crippen LogP contribution >= 0.6 is 11.6 Å². The molecule has 1 N–H and O–H groups in total. The van der Waals surface area contributed by atoms with Gasteiger partial charge in [-0.1, -0.05) is 23.7 Å². The topological polar surface area (TPSA) is 64.7 Å². The molecule has 0 aliphatic carbocycles. The van der Waals surface area contributed by atoms with Gasteiger partial charge in [0, 0.05) is 12.6 Å². The van der Waals surface area contributed by atoms with Crippen LogP contribution in [0.4, 0.5) is 0 Å². The van der Waals surface area contributed by atoms with Crippen LogP contribution in [-0.2, 0) is 20.1 Å². The van der Waals surface area contributed by atoms with Gasteiger partial charge in [0.1, 0.15) is 0 Å². The summed E-state index contributed by atoms with van der Waals surface area (Å²) in [5.74, 6) is -0.107. The zero-order chi connectivity index (χ0) is 18.8. The van der Waals surface area contributed by atoms with E-state index >= 15 is 0 Å². The lowest BCUT2D eigenvalue weighted by atomic mass is 10.1. The van der Waals surface area contributed by atoms with E-state index in [1.807, 2.05) is 62.8 Å². The zero-order valence-corrected chi connectivity index (χ0v) is 16.1. The molecular weight excluding hydrogens is 350 g/mol. The molecule has 3 rings (SSSR count). The number of halogens is 1. The van der Waals surface area contributed by atoms with Gasteiger partial charge in [0.25, 0.3) is 5.91 Å². The van der Waals surface area contributed by atoms with Crippen molar-refractivity contribution in [3.8, 4) is 0 Å². The lowest BCUT2D eigenvalue weighted by Gasteiger charge is -2.08. The Morgan fingerprint density at radius 2 is 1.85 bits per heavy atom. The molecule has 0 atom stereocenters. The summed E-state index contributed by atoms with van der Waals surface area (Å²) in [5.41, 5.74) is 5.35. The minimum Gasteiger partial charge on any atom is -0.346 e. The number of benzene rings is 1. The summed E-state index contributed by atoms with van der Waals surface area (Å²) in [6.07, 6.45) is 0. The highest BCUT2D eigenvalue weighted by Gasteiger charge is 2.11. The number of hydrogen-bond donors (Lipinski definition) is 1. The number of rotatable bonds is 5. The van der Waals surface area contributed by atoms with Gasteiger partial charge in [-0.25, -0.2) is 0 Å². The van der Waals surface area contributed by atoms with E-state index < -0.39 is 0 Å². The Hall–Kier alpha value is -2.60. The van der Waals surface area contributed by atoms with Gasteiger partial charge in [-0.05, 0) is 44.5 Å². The predicted octanol–water partition coefficient (Wildman–Crippen LogP) is 3.17. The second kappa shape index (κ2) is 7.33. The molecule has 3 aromatic rings. The SMILES string of the molecule is Cc1cc(CNC(=O)c2ccc(Cn3nc(C)c(Cl)c3C)cc2)n(C)n1. The van der Waals surface area contributed by atoms with Crippen LogP contribution in [0.3, 0.4) is 0 Å². The van der Waals surface area contributed by atoms with Gasteiger partial charge in [0.15, 0.2) is 0 Å². The molecule has 7 heteroatoms. The number of aryl methyl sites for hydroxylation is 3. The first-order chi connectivity index (χ1) is 12.3. The van der Waals surface area contributed by atoms with Crippen LogP contribution in [0.15, 0.2) is 30.3 Å². The second-order valence-electron chi connectivity index (χ2n) is 6.42. The summed E-state index contributed by atoms with van der Waals surface area (Å²) >= 11 is 6.19.